The molecule has 166 valence electrons. The van der Waals surface area contributed by atoms with Crippen molar-refractivity contribution in [2.24, 2.45) is 0 Å². The van der Waals surface area contributed by atoms with E-state index < -0.39 is 17.1 Å². The van der Waals surface area contributed by atoms with E-state index in [1.54, 1.807) is 36.8 Å². The second-order valence-corrected chi connectivity index (χ2v) is 7.06. The summed E-state index contributed by atoms with van der Waals surface area (Å²) in [5.74, 6) is 0.444. The van der Waals surface area contributed by atoms with E-state index in [0.29, 0.717) is 0 Å². The highest BCUT2D eigenvalue weighted by Crippen LogP contribution is 2.15. The summed E-state index contributed by atoms with van der Waals surface area (Å²) in [7, 11) is 0. The molecular weight excluding hydrogens is 438 g/mol. The van der Waals surface area contributed by atoms with Crippen molar-refractivity contribution in [3.8, 4) is 41.1 Å². The first-order chi connectivity index (χ1) is 16.4. The molecule has 0 bridgehead atoms. The van der Waals surface area contributed by atoms with Crippen molar-refractivity contribution in [3.05, 3.63) is 110 Å². The summed E-state index contributed by atoms with van der Waals surface area (Å²) in [6, 6.07) is 18.1. The molecule has 10 heteroatoms. The topological polar surface area (TPSA) is 132 Å². The molecule has 0 fully saturated rings. The number of ether oxygens (including phenoxy) is 2. The van der Waals surface area contributed by atoms with Crippen molar-refractivity contribution in [1.82, 2.24) is 13.7 Å². The molecule has 0 spiro atoms. The summed E-state index contributed by atoms with van der Waals surface area (Å²) in [4.78, 5) is 40.2. The maximum absolute atomic E-state index is 13.4. The van der Waals surface area contributed by atoms with Crippen molar-refractivity contribution in [2.75, 3.05) is 0 Å². The minimum absolute atomic E-state index is 0.166. The third kappa shape index (κ3) is 3.95. The average Bonchev–Trinajstić information content (AvgIpc) is 2.83. The molecule has 0 amide bonds. The van der Waals surface area contributed by atoms with Gasteiger partial charge in [-0.3, -0.25) is 0 Å². The van der Waals surface area contributed by atoms with Gasteiger partial charge in [0.1, 0.15) is 11.5 Å². The highest BCUT2D eigenvalue weighted by atomic mass is 16.5. The number of aromatic nitrogens is 3. The molecule has 1 heterocycles. The van der Waals surface area contributed by atoms with Crippen LogP contribution in [0.1, 0.15) is 5.56 Å². The summed E-state index contributed by atoms with van der Waals surface area (Å²) < 4.78 is 12.1. The number of rotatable bonds is 5. The molecule has 0 radical (unpaired) electrons. The number of benzene rings is 3. The van der Waals surface area contributed by atoms with Crippen molar-refractivity contribution < 1.29 is 9.47 Å². The Hall–Kier alpha value is -5.35. The van der Waals surface area contributed by atoms with Gasteiger partial charge in [-0.2, -0.15) is 0 Å². The third-order valence-electron chi connectivity index (χ3n) is 4.96. The van der Waals surface area contributed by atoms with Crippen molar-refractivity contribution in [3.63, 3.8) is 0 Å². The van der Waals surface area contributed by atoms with Gasteiger partial charge in [0, 0.05) is 0 Å². The van der Waals surface area contributed by atoms with Crippen LogP contribution in [0, 0.1) is 30.0 Å². The van der Waals surface area contributed by atoms with Crippen LogP contribution in [0.4, 0.5) is 0 Å². The van der Waals surface area contributed by atoms with Crippen molar-refractivity contribution in [1.29, 1.82) is 10.5 Å². The van der Waals surface area contributed by atoms with Crippen LogP contribution in [-0.4, -0.2) is 13.7 Å². The molecule has 34 heavy (non-hydrogen) atoms. The summed E-state index contributed by atoms with van der Waals surface area (Å²) in [6.07, 6.45) is 3.09. The number of hydrogen-bond donors (Lipinski definition) is 0. The van der Waals surface area contributed by atoms with Gasteiger partial charge in [-0.15, -0.1) is 10.5 Å². The summed E-state index contributed by atoms with van der Waals surface area (Å²) in [5.41, 5.74) is -1.11. The second kappa shape index (κ2) is 9.02. The Morgan fingerprint density at radius 1 is 0.559 bits per heavy atom. The fourth-order valence-corrected chi connectivity index (χ4v) is 3.33. The Bertz CT molecular complexity index is 1520. The molecule has 1 aromatic heterocycles. The van der Waals surface area contributed by atoms with Gasteiger partial charge in [0.2, 0.25) is 0 Å². The van der Waals surface area contributed by atoms with Crippen molar-refractivity contribution >= 4 is 0 Å². The highest BCUT2D eigenvalue weighted by Gasteiger charge is 2.19. The van der Waals surface area contributed by atoms with Crippen LogP contribution in [0.5, 0.6) is 11.5 Å². The highest BCUT2D eigenvalue weighted by molar-refractivity contribution is 5.42. The first-order valence-electron chi connectivity index (χ1n) is 9.85. The minimum atomic E-state index is -0.902. The van der Waals surface area contributed by atoms with Crippen LogP contribution in [-0.2, 0) is 0 Å². The smallest absolute Gasteiger partial charge is 0.345 e. The number of nitrogens with zero attached hydrogens (tertiary/aromatic N) is 5. The standard InChI is InChI=1S/C24H15N5O5/c1-16-2-4-17(5-3-16)27-22(30)28(18-6-10-20(11-7-18)33-14-25)24(32)29(23(27)31)19-8-12-21(13-9-19)34-15-26/h2-13H,1H3. The fraction of sp³-hybridized carbons (Fsp3) is 0.0417. The van der Waals surface area contributed by atoms with Crippen LogP contribution < -0.4 is 26.5 Å². The van der Waals surface area contributed by atoms with Crippen molar-refractivity contribution in [2.45, 2.75) is 6.92 Å². The van der Waals surface area contributed by atoms with E-state index in [0.717, 1.165) is 19.3 Å². The molecule has 0 aliphatic rings. The van der Waals surface area contributed by atoms with Gasteiger partial charge in [0.15, 0.2) is 0 Å². The zero-order valence-corrected chi connectivity index (χ0v) is 17.7. The Morgan fingerprint density at radius 3 is 1.15 bits per heavy atom. The monoisotopic (exact) mass is 453 g/mol. The van der Waals surface area contributed by atoms with Gasteiger partial charge in [0.05, 0.1) is 17.1 Å². The molecule has 4 rings (SSSR count). The zero-order chi connectivity index (χ0) is 24.2. The number of aryl methyl sites for hydroxylation is 1. The average molecular weight is 453 g/mol. The lowest BCUT2D eigenvalue weighted by Gasteiger charge is -2.14. The second-order valence-electron chi connectivity index (χ2n) is 7.06. The van der Waals surface area contributed by atoms with Crippen LogP contribution >= 0.6 is 0 Å². The maximum atomic E-state index is 13.4. The Kier molecular flexibility index (Phi) is 5.80. The van der Waals surface area contributed by atoms with Crippen LogP contribution in [0.2, 0.25) is 0 Å². The van der Waals surface area contributed by atoms with Gasteiger partial charge in [0.25, 0.3) is 12.5 Å². The number of hydrogen-bond acceptors (Lipinski definition) is 7. The Morgan fingerprint density at radius 2 is 0.853 bits per heavy atom. The summed E-state index contributed by atoms with van der Waals surface area (Å²) in [6.45, 7) is 1.86. The molecule has 0 saturated carbocycles. The van der Waals surface area contributed by atoms with E-state index in [9.17, 15) is 14.4 Å². The van der Waals surface area contributed by atoms with E-state index in [4.69, 9.17) is 20.0 Å². The predicted octanol–water partition coefficient (Wildman–Crippen LogP) is 2.17. The first-order valence-corrected chi connectivity index (χ1v) is 9.85. The first kappa shape index (κ1) is 21.9. The summed E-state index contributed by atoms with van der Waals surface area (Å²) >= 11 is 0. The SMILES string of the molecule is Cc1ccc(-n2c(=O)n(-c3ccc(OC#N)cc3)c(=O)n(-c3ccc(OC#N)cc3)c2=O)cc1. The quantitative estimate of drug-likeness (QED) is 0.423. The normalized spacial score (nSPS) is 10.2. The largest absolute Gasteiger partial charge is 0.388 e. The molecule has 0 N–H and O–H groups in total. The minimum Gasteiger partial charge on any atom is -0.388 e. The predicted molar refractivity (Wildman–Crippen MR) is 120 cm³/mol. The Labute approximate surface area is 191 Å². The third-order valence-corrected chi connectivity index (χ3v) is 4.96. The lowest BCUT2D eigenvalue weighted by Crippen LogP contribution is -2.52. The van der Waals surface area contributed by atoms with E-state index >= 15 is 0 Å². The molecular formula is C24H15N5O5. The van der Waals surface area contributed by atoms with Gasteiger partial charge in [-0.25, -0.2) is 28.1 Å². The molecule has 0 aliphatic carbocycles. The lowest BCUT2D eigenvalue weighted by molar-refractivity contribution is 0.507. The molecule has 3 aromatic carbocycles. The van der Waals surface area contributed by atoms with Gasteiger partial charge in [-0.1, -0.05) is 17.7 Å². The van der Waals surface area contributed by atoms with Crippen LogP contribution in [0.25, 0.3) is 17.1 Å². The molecule has 0 saturated heterocycles. The van der Waals surface area contributed by atoms with Crippen LogP contribution in [0.3, 0.4) is 0 Å². The van der Waals surface area contributed by atoms with E-state index in [-0.39, 0.29) is 28.6 Å². The molecule has 0 unspecified atom stereocenters. The lowest BCUT2D eigenvalue weighted by atomic mass is 10.2. The fourth-order valence-electron chi connectivity index (χ4n) is 3.33. The van der Waals surface area contributed by atoms with Gasteiger partial charge >= 0.3 is 17.1 Å². The Balaban J connectivity index is 2.03. The van der Waals surface area contributed by atoms with E-state index in [2.05, 4.69) is 0 Å². The maximum Gasteiger partial charge on any atom is 0.345 e. The van der Waals surface area contributed by atoms with Gasteiger partial charge < -0.3 is 9.47 Å². The number of nitriles is 2. The zero-order valence-electron chi connectivity index (χ0n) is 17.7. The summed E-state index contributed by atoms with van der Waals surface area (Å²) in [5, 5.41) is 17.4. The molecule has 4 aromatic rings. The molecule has 0 aliphatic heterocycles. The molecule has 10 nitrogen and oxygen atoms in total. The van der Waals surface area contributed by atoms with Gasteiger partial charge in [-0.05, 0) is 67.6 Å². The van der Waals surface area contributed by atoms with Crippen LogP contribution in [0.15, 0.2) is 87.2 Å². The molecule has 0 atom stereocenters. The van der Waals surface area contributed by atoms with E-state index in [1.165, 1.54) is 48.5 Å². The van der Waals surface area contributed by atoms with E-state index in [1.807, 2.05) is 6.92 Å².